The van der Waals surface area contributed by atoms with Crippen molar-refractivity contribution in [2.45, 2.75) is 12.8 Å². The van der Waals surface area contributed by atoms with Crippen LogP contribution in [0.5, 0.6) is 11.5 Å². The molecule has 1 aliphatic rings. The fourth-order valence-electron chi connectivity index (χ4n) is 2.86. The molecule has 0 saturated carbocycles. The second-order valence-corrected chi connectivity index (χ2v) is 8.32. The van der Waals surface area contributed by atoms with Crippen molar-refractivity contribution < 1.29 is 17.9 Å². The summed E-state index contributed by atoms with van der Waals surface area (Å²) in [7, 11) is 2.10. The molecule has 0 aromatic heterocycles. The van der Waals surface area contributed by atoms with E-state index in [0.29, 0.717) is 36.3 Å². The van der Waals surface area contributed by atoms with Gasteiger partial charge in [0.25, 0.3) is 0 Å². The quantitative estimate of drug-likeness (QED) is 0.547. The minimum atomic E-state index is -2.84. The third-order valence-corrected chi connectivity index (χ3v) is 6.10. The predicted molar refractivity (Wildman–Crippen MR) is 99.4 cm³/mol. The highest BCUT2D eigenvalue weighted by molar-refractivity contribution is 7.91. The number of hydrogen-bond acceptors (Lipinski definition) is 5. The molecule has 1 aromatic carbocycles. The van der Waals surface area contributed by atoms with Gasteiger partial charge in [-0.25, -0.2) is 8.42 Å². The zero-order valence-corrected chi connectivity index (χ0v) is 15.9. The van der Waals surface area contributed by atoms with E-state index in [1.807, 2.05) is 18.2 Å². The molecule has 25 heavy (non-hydrogen) atoms. The number of methoxy groups -OCH3 is 2. The third-order valence-electron chi connectivity index (χ3n) is 4.26. The van der Waals surface area contributed by atoms with Crippen molar-refractivity contribution in [3.63, 3.8) is 0 Å². The normalized spacial score (nSPS) is 19.5. The predicted octanol–water partition coefficient (Wildman–Crippen LogP) is 0.846. The summed E-state index contributed by atoms with van der Waals surface area (Å²) in [4.78, 5) is 4.18. The van der Waals surface area contributed by atoms with E-state index in [0.717, 1.165) is 18.4 Å². The van der Waals surface area contributed by atoms with Crippen LogP contribution >= 0.6 is 0 Å². The maximum atomic E-state index is 11.5. The SMILES string of the molecule is CN=C(NCCc1ccc(OC)c(OC)c1)NCC1CCS(=O)(=O)C1. The van der Waals surface area contributed by atoms with Crippen LogP contribution in [-0.4, -0.2) is 60.2 Å². The van der Waals surface area contributed by atoms with Gasteiger partial charge in [-0.05, 0) is 36.5 Å². The van der Waals surface area contributed by atoms with Crippen molar-refractivity contribution in [3.05, 3.63) is 23.8 Å². The molecule has 2 N–H and O–H groups in total. The summed E-state index contributed by atoms with van der Waals surface area (Å²) in [5.74, 6) is 2.83. The summed E-state index contributed by atoms with van der Waals surface area (Å²) in [5, 5.41) is 6.45. The lowest BCUT2D eigenvalue weighted by Gasteiger charge is -2.15. The molecule has 0 amide bonds. The summed E-state index contributed by atoms with van der Waals surface area (Å²) in [6, 6.07) is 5.85. The number of hydrogen-bond donors (Lipinski definition) is 2. The van der Waals surface area contributed by atoms with Gasteiger partial charge in [-0.2, -0.15) is 0 Å². The second-order valence-electron chi connectivity index (χ2n) is 6.09. The van der Waals surface area contributed by atoms with Crippen LogP contribution in [0.25, 0.3) is 0 Å². The first-order valence-corrected chi connectivity index (χ1v) is 10.2. The highest BCUT2D eigenvalue weighted by Crippen LogP contribution is 2.27. The van der Waals surface area contributed by atoms with Gasteiger partial charge in [0, 0.05) is 20.1 Å². The van der Waals surface area contributed by atoms with Gasteiger partial charge < -0.3 is 20.1 Å². The Balaban J connectivity index is 1.77. The van der Waals surface area contributed by atoms with Gasteiger partial charge in [0.1, 0.15) is 0 Å². The Morgan fingerprint density at radius 1 is 1.24 bits per heavy atom. The van der Waals surface area contributed by atoms with Gasteiger partial charge in [-0.15, -0.1) is 0 Å². The van der Waals surface area contributed by atoms with Crippen LogP contribution < -0.4 is 20.1 Å². The Bertz CT molecular complexity index is 704. The van der Waals surface area contributed by atoms with Gasteiger partial charge in [0.05, 0.1) is 25.7 Å². The Hall–Kier alpha value is -1.96. The van der Waals surface area contributed by atoms with E-state index >= 15 is 0 Å². The van der Waals surface area contributed by atoms with E-state index in [9.17, 15) is 8.42 Å². The molecule has 1 aromatic rings. The topological polar surface area (TPSA) is 89.0 Å². The van der Waals surface area contributed by atoms with Gasteiger partial charge in [-0.3, -0.25) is 4.99 Å². The number of nitrogens with zero attached hydrogens (tertiary/aromatic N) is 1. The molecule has 2 rings (SSSR count). The van der Waals surface area contributed by atoms with Crippen molar-refractivity contribution in [1.82, 2.24) is 10.6 Å². The van der Waals surface area contributed by atoms with Gasteiger partial charge in [-0.1, -0.05) is 6.07 Å². The molecular formula is C17H27N3O4S. The van der Waals surface area contributed by atoms with Crippen LogP contribution in [-0.2, 0) is 16.3 Å². The lowest BCUT2D eigenvalue weighted by molar-refractivity contribution is 0.354. The summed E-state index contributed by atoms with van der Waals surface area (Å²) < 4.78 is 33.5. The Labute approximate surface area is 149 Å². The highest BCUT2D eigenvalue weighted by atomic mass is 32.2. The Kier molecular flexibility index (Phi) is 6.92. The average Bonchev–Trinajstić information content (AvgIpc) is 2.96. The molecule has 1 heterocycles. The van der Waals surface area contributed by atoms with E-state index in [4.69, 9.17) is 9.47 Å². The van der Waals surface area contributed by atoms with Crippen molar-refractivity contribution in [3.8, 4) is 11.5 Å². The largest absolute Gasteiger partial charge is 0.493 e. The molecule has 7 nitrogen and oxygen atoms in total. The van der Waals surface area contributed by atoms with Crippen molar-refractivity contribution >= 4 is 15.8 Å². The summed E-state index contributed by atoms with van der Waals surface area (Å²) in [6.07, 6.45) is 1.52. The third kappa shape index (κ3) is 5.81. The highest BCUT2D eigenvalue weighted by Gasteiger charge is 2.27. The molecule has 8 heteroatoms. The van der Waals surface area contributed by atoms with E-state index in [2.05, 4.69) is 15.6 Å². The zero-order valence-electron chi connectivity index (χ0n) is 15.0. The second kappa shape index (κ2) is 8.94. The molecule has 0 radical (unpaired) electrons. The maximum absolute atomic E-state index is 11.5. The molecule has 140 valence electrons. The first kappa shape index (κ1) is 19.4. The summed E-state index contributed by atoms with van der Waals surface area (Å²) >= 11 is 0. The molecule has 0 bridgehead atoms. The number of rotatable bonds is 7. The standard InChI is InChI=1S/C17H27N3O4S/c1-18-17(20-11-14-7-9-25(21,22)12-14)19-8-6-13-4-5-15(23-2)16(10-13)24-3/h4-5,10,14H,6-9,11-12H2,1-3H3,(H2,18,19,20). The maximum Gasteiger partial charge on any atom is 0.190 e. The molecule has 1 unspecified atom stereocenters. The van der Waals surface area contributed by atoms with E-state index in [-0.39, 0.29) is 11.7 Å². The number of guanidine groups is 1. The zero-order chi connectivity index (χ0) is 18.3. The smallest absolute Gasteiger partial charge is 0.190 e. The average molecular weight is 369 g/mol. The van der Waals surface area contributed by atoms with E-state index < -0.39 is 9.84 Å². The van der Waals surface area contributed by atoms with E-state index in [1.165, 1.54) is 0 Å². The summed E-state index contributed by atoms with van der Waals surface area (Å²) in [6.45, 7) is 1.33. The molecule has 1 saturated heterocycles. The minimum Gasteiger partial charge on any atom is -0.493 e. The molecule has 1 aliphatic heterocycles. The lowest BCUT2D eigenvalue weighted by Crippen LogP contribution is -2.40. The van der Waals surface area contributed by atoms with Gasteiger partial charge >= 0.3 is 0 Å². The first-order chi connectivity index (χ1) is 12.0. The minimum absolute atomic E-state index is 0.161. The van der Waals surface area contributed by atoms with Crippen molar-refractivity contribution in [1.29, 1.82) is 0 Å². The molecule has 1 fully saturated rings. The van der Waals surface area contributed by atoms with Gasteiger partial charge in [0.15, 0.2) is 27.3 Å². The van der Waals surface area contributed by atoms with Crippen LogP contribution in [0.1, 0.15) is 12.0 Å². The van der Waals surface area contributed by atoms with Crippen LogP contribution in [0.2, 0.25) is 0 Å². The number of aliphatic imine (C=N–C) groups is 1. The molecular weight excluding hydrogens is 342 g/mol. The van der Waals surface area contributed by atoms with Crippen molar-refractivity contribution in [2.75, 3.05) is 45.9 Å². The number of ether oxygens (including phenoxy) is 2. The number of benzene rings is 1. The molecule has 0 aliphatic carbocycles. The lowest BCUT2D eigenvalue weighted by atomic mass is 10.1. The number of sulfone groups is 1. The van der Waals surface area contributed by atoms with Crippen LogP contribution in [0.3, 0.4) is 0 Å². The molecule has 1 atom stereocenters. The Morgan fingerprint density at radius 3 is 2.60 bits per heavy atom. The fraction of sp³-hybridized carbons (Fsp3) is 0.588. The van der Waals surface area contributed by atoms with Crippen LogP contribution in [0, 0.1) is 5.92 Å². The van der Waals surface area contributed by atoms with Gasteiger partial charge in [0.2, 0.25) is 0 Å². The van der Waals surface area contributed by atoms with E-state index in [1.54, 1.807) is 21.3 Å². The monoisotopic (exact) mass is 369 g/mol. The Morgan fingerprint density at radius 2 is 2.00 bits per heavy atom. The first-order valence-electron chi connectivity index (χ1n) is 8.33. The van der Waals surface area contributed by atoms with Crippen molar-refractivity contribution in [2.24, 2.45) is 10.9 Å². The summed E-state index contributed by atoms with van der Waals surface area (Å²) in [5.41, 5.74) is 1.13. The fourth-order valence-corrected chi connectivity index (χ4v) is 4.72. The van der Waals surface area contributed by atoms with Crippen LogP contribution in [0.4, 0.5) is 0 Å². The number of nitrogens with one attached hydrogen (secondary N) is 2. The van der Waals surface area contributed by atoms with Crippen LogP contribution in [0.15, 0.2) is 23.2 Å². The molecule has 0 spiro atoms.